The van der Waals surface area contributed by atoms with E-state index in [9.17, 15) is 39.0 Å². The van der Waals surface area contributed by atoms with Gasteiger partial charge in [0.1, 0.15) is 23.5 Å². The summed E-state index contributed by atoms with van der Waals surface area (Å²) in [6.07, 6.45) is 16.7. The zero-order valence-corrected chi connectivity index (χ0v) is 24.9. The van der Waals surface area contributed by atoms with Crippen LogP contribution < -0.4 is 10.2 Å². The van der Waals surface area contributed by atoms with Crippen LogP contribution in [0.3, 0.4) is 0 Å². The normalized spacial score (nSPS) is 9.49. The van der Waals surface area contributed by atoms with Crippen LogP contribution in [0, 0.1) is 0 Å². The minimum atomic E-state index is -1.80. The van der Waals surface area contributed by atoms with Gasteiger partial charge in [-0.1, -0.05) is 0 Å². The van der Waals surface area contributed by atoms with Crippen molar-refractivity contribution in [1.82, 2.24) is 0 Å². The molecule has 0 fully saturated rings. The summed E-state index contributed by atoms with van der Waals surface area (Å²) in [5.41, 5.74) is 0. The van der Waals surface area contributed by atoms with Crippen molar-refractivity contribution in [2.75, 3.05) is 0 Å². The first-order valence-electron chi connectivity index (χ1n) is 12.7. The average molecular weight is 603 g/mol. The molecule has 0 aliphatic rings. The summed E-state index contributed by atoms with van der Waals surface area (Å²) in [4.78, 5) is 59.5. The van der Waals surface area contributed by atoms with Crippen molar-refractivity contribution < 1.29 is 39.0 Å². The molecule has 9 heteroatoms. The zero-order chi connectivity index (χ0) is 27.5. The third-order valence-electron chi connectivity index (χ3n) is 4.69. The molecule has 8 nitrogen and oxygen atoms in total. The van der Waals surface area contributed by atoms with E-state index >= 15 is 0 Å². The molecule has 0 N–H and O–H groups in total. The van der Waals surface area contributed by atoms with Crippen LogP contribution in [0.15, 0.2) is 0 Å². The number of carboxylic acid groups (broad SMARTS) is 2. The molecule has 0 aromatic rings. The Bertz CT molecular complexity index is 564. The fourth-order valence-corrected chi connectivity index (χ4v) is 6.35. The monoisotopic (exact) mass is 604 g/mol. The van der Waals surface area contributed by atoms with Gasteiger partial charge in [0.05, 0.1) is 12.8 Å². The van der Waals surface area contributed by atoms with Crippen LogP contribution in [-0.4, -0.2) is 56.2 Å². The molecular weight excluding hydrogens is 559 g/mol. The van der Waals surface area contributed by atoms with E-state index in [-0.39, 0.29) is 21.1 Å². The van der Waals surface area contributed by atoms with Gasteiger partial charge in [0.2, 0.25) is 0 Å². The van der Waals surface area contributed by atoms with Gasteiger partial charge < -0.3 is 19.8 Å². The number of Topliss-reactive ketones (excluding diaryl/α,β-unsaturated/α-hetero) is 4. The van der Waals surface area contributed by atoms with Crippen molar-refractivity contribution >= 4 is 56.2 Å². The standard InChI is InChI=1S/2C8H17.2C5H6O4.Sn/c2*1-3-5-7-8-6-4-2;2*1-3(6)2-4(7)5(8)9;/h2*1,3-8H2,2H3;2*2H2,1H3,(H,8,9);/q;;;;+2/p-2. The van der Waals surface area contributed by atoms with Crippen molar-refractivity contribution in [3.05, 3.63) is 0 Å². The van der Waals surface area contributed by atoms with E-state index in [1.165, 1.54) is 64.2 Å². The number of carbonyl (C=O) groups excluding carboxylic acids is 6. The number of aliphatic carboxylic acids is 2. The van der Waals surface area contributed by atoms with Gasteiger partial charge >= 0.3 is 121 Å². The molecular formula is C26H44O8Sn. The van der Waals surface area contributed by atoms with E-state index in [1.807, 2.05) is 0 Å². The summed E-state index contributed by atoms with van der Waals surface area (Å²) >= 11 is 0.0736. The Balaban J connectivity index is -0.000000481. The molecule has 0 unspecified atom stereocenters. The van der Waals surface area contributed by atoms with E-state index < -0.39 is 47.9 Å². The molecule has 0 bridgehead atoms. The van der Waals surface area contributed by atoms with E-state index in [0.29, 0.717) is 0 Å². The van der Waals surface area contributed by atoms with Gasteiger partial charge in [0.25, 0.3) is 0 Å². The van der Waals surface area contributed by atoms with Crippen LogP contribution in [0.25, 0.3) is 0 Å². The quantitative estimate of drug-likeness (QED) is 0.0893. The Morgan fingerprint density at radius 2 is 0.800 bits per heavy atom. The SMILES string of the molecule is CC(=O)CC(=O)C(=O)[O-].CC(=O)CC(=O)C(=O)[O-].CCCCCCC[CH2][Sn+2][CH2]CCCCCCC. The van der Waals surface area contributed by atoms with E-state index in [4.69, 9.17) is 0 Å². The Labute approximate surface area is 221 Å². The average Bonchev–Trinajstić information content (AvgIpc) is 2.77. The molecule has 0 aromatic heterocycles. The van der Waals surface area contributed by atoms with Crippen molar-refractivity contribution in [2.45, 2.75) is 126 Å². The molecule has 0 heterocycles. The van der Waals surface area contributed by atoms with Crippen LogP contribution in [0.1, 0.15) is 118 Å². The number of hydrogen-bond donors (Lipinski definition) is 0. The molecule has 0 amide bonds. The first-order chi connectivity index (χ1) is 16.5. The minimum absolute atomic E-state index is 0.0736. The van der Waals surface area contributed by atoms with Crippen molar-refractivity contribution in [3.8, 4) is 0 Å². The molecule has 0 rings (SSSR count). The predicted molar refractivity (Wildman–Crippen MR) is 133 cm³/mol. The number of ketones is 4. The molecule has 0 atom stereocenters. The maximum atomic E-state index is 10.1. The molecule has 0 aliphatic heterocycles. The Morgan fingerprint density at radius 3 is 1.03 bits per heavy atom. The van der Waals surface area contributed by atoms with Gasteiger partial charge in [0.15, 0.2) is 11.6 Å². The van der Waals surface area contributed by atoms with Crippen LogP contribution in [0.4, 0.5) is 0 Å². The Hall–Kier alpha value is -1.58. The summed E-state index contributed by atoms with van der Waals surface area (Å²) in [6, 6.07) is 0. The van der Waals surface area contributed by atoms with Crippen LogP contribution in [-0.2, 0) is 28.8 Å². The number of hydrogen-bond acceptors (Lipinski definition) is 8. The third-order valence-corrected chi connectivity index (χ3v) is 8.72. The second-order valence-corrected chi connectivity index (χ2v) is 12.7. The molecule has 35 heavy (non-hydrogen) atoms. The van der Waals surface area contributed by atoms with Gasteiger partial charge in [-0.15, -0.1) is 0 Å². The summed E-state index contributed by atoms with van der Waals surface area (Å²) in [5.74, 6) is -6.87. The maximum absolute atomic E-state index is 10.1. The van der Waals surface area contributed by atoms with Crippen LogP contribution in [0.5, 0.6) is 0 Å². The molecule has 0 saturated carbocycles. The summed E-state index contributed by atoms with van der Waals surface area (Å²) in [6.45, 7) is 6.88. The molecule has 0 spiro atoms. The van der Waals surface area contributed by atoms with Gasteiger partial charge in [0, 0.05) is 0 Å². The molecule has 0 radical (unpaired) electrons. The fourth-order valence-electron chi connectivity index (χ4n) is 2.78. The zero-order valence-electron chi connectivity index (χ0n) is 22.1. The van der Waals surface area contributed by atoms with E-state index in [2.05, 4.69) is 13.8 Å². The summed E-state index contributed by atoms with van der Waals surface area (Å²) < 4.78 is 3.31. The second-order valence-electron chi connectivity index (χ2n) is 8.46. The Kier molecular flexibility index (Phi) is 31.1. The van der Waals surface area contributed by atoms with Crippen molar-refractivity contribution in [3.63, 3.8) is 0 Å². The second kappa shape index (κ2) is 28.7. The van der Waals surface area contributed by atoms with Gasteiger partial charge in [-0.05, 0) is 13.8 Å². The molecule has 0 saturated heterocycles. The molecule has 0 aromatic carbocycles. The predicted octanol–water partition coefficient (Wildman–Crippen LogP) is 2.82. The number of carbonyl (C=O) groups is 6. The number of unbranched alkanes of at least 4 members (excludes halogenated alkanes) is 10. The van der Waals surface area contributed by atoms with Crippen LogP contribution in [0.2, 0.25) is 8.87 Å². The number of rotatable bonds is 20. The Morgan fingerprint density at radius 1 is 0.514 bits per heavy atom. The van der Waals surface area contributed by atoms with E-state index in [1.54, 1.807) is 21.7 Å². The van der Waals surface area contributed by atoms with Crippen molar-refractivity contribution in [1.29, 1.82) is 0 Å². The van der Waals surface area contributed by atoms with Gasteiger partial charge in [-0.2, -0.15) is 0 Å². The first kappa shape index (κ1) is 38.0. The molecule has 200 valence electrons. The van der Waals surface area contributed by atoms with Crippen molar-refractivity contribution in [2.24, 2.45) is 0 Å². The molecule has 0 aliphatic carbocycles. The summed E-state index contributed by atoms with van der Waals surface area (Å²) in [5, 5.41) is 19.2. The third kappa shape index (κ3) is 37.1. The van der Waals surface area contributed by atoms with E-state index in [0.717, 1.165) is 13.8 Å². The topological polar surface area (TPSA) is 149 Å². The summed E-state index contributed by atoms with van der Waals surface area (Å²) in [7, 11) is 0. The first-order valence-corrected chi connectivity index (χ1v) is 16.7. The van der Waals surface area contributed by atoms with Gasteiger partial charge in [-0.25, -0.2) is 0 Å². The van der Waals surface area contributed by atoms with Crippen LogP contribution >= 0.6 is 0 Å². The van der Waals surface area contributed by atoms with Gasteiger partial charge in [-0.3, -0.25) is 19.2 Å². The fraction of sp³-hybridized carbons (Fsp3) is 0.769. The number of carboxylic acids is 2.